The van der Waals surface area contributed by atoms with E-state index in [0.29, 0.717) is 12.5 Å². The van der Waals surface area contributed by atoms with E-state index in [1.807, 2.05) is 11.6 Å². The molecule has 1 unspecified atom stereocenters. The monoisotopic (exact) mass is 302 g/mol. The van der Waals surface area contributed by atoms with Gasteiger partial charge < -0.3 is 4.74 Å². The van der Waals surface area contributed by atoms with Crippen LogP contribution in [-0.4, -0.2) is 16.4 Å². The molecule has 17 heavy (non-hydrogen) atoms. The van der Waals surface area contributed by atoms with E-state index in [1.54, 1.807) is 0 Å². The van der Waals surface area contributed by atoms with Gasteiger partial charge in [0.2, 0.25) is 0 Å². The van der Waals surface area contributed by atoms with Crippen molar-refractivity contribution >= 4 is 15.9 Å². The largest absolute Gasteiger partial charge is 0.375 e. The van der Waals surface area contributed by atoms with Crippen LogP contribution in [-0.2, 0) is 17.9 Å². The van der Waals surface area contributed by atoms with Gasteiger partial charge in [-0.15, -0.1) is 0 Å². The maximum atomic E-state index is 5.78. The van der Waals surface area contributed by atoms with Gasteiger partial charge in [0.25, 0.3) is 0 Å². The minimum atomic E-state index is 0.637. The van der Waals surface area contributed by atoms with Crippen molar-refractivity contribution in [1.82, 2.24) is 9.78 Å². The molecule has 0 saturated heterocycles. The Hall–Kier alpha value is -0.350. The first-order valence-corrected chi connectivity index (χ1v) is 7.18. The van der Waals surface area contributed by atoms with Gasteiger partial charge in [0.15, 0.2) is 0 Å². The van der Waals surface area contributed by atoms with Crippen LogP contribution in [0.4, 0.5) is 0 Å². The summed E-state index contributed by atoms with van der Waals surface area (Å²) in [6.45, 7) is 10.9. The van der Waals surface area contributed by atoms with E-state index in [-0.39, 0.29) is 0 Å². The van der Waals surface area contributed by atoms with Gasteiger partial charge in [0.05, 0.1) is 22.5 Å². The van der Waals surface area contributed by atoms with Crippen molar-refractivity contribution in [3.05, 3.63) is 15.9 Å². The molecule has 0 fully saturated rings. The van der Waals surface area contributed by atoms with Gasteiger partial charge in [-0.25, -0.2) is 0 Å². The van der Waals surface area contributed by atoms with Gasteiger partial charge >= 0.3 is 0 Å². The first-order valence-electron chi connectivity index (χ1n) is 6.39. The summed E-state index contributed by atoms with van der Waals surface area (Å²) in [6.07, 6.45) is 2.45. The molecule has 0 aliphatic rings. The van der Waals surface area contributed by atoms with Crippen LogP contribution in [0.1, 0.15) is 45.0 Å². The molecular formula is C13H23BrN2O. The molecule has 3 nitrogen and oxygen atoms in total. The fourth-order valence-electron chi connectivity index (χ4n) is 1.94. The van der Waals surface area contributed by atoms with Gasteiger partial charge in [-0.3, -0.25) is 4.68 Å². The van der Waals surface area contributed by atoms with Crippen molar-refractivity contribution in [2.45, 2.75) is 53.7 Å². The Bertz CT molecular complexity index is 349. The Kier molecular flexibility index (Phi) is 6.20. The van der Waals surface area contributed by atoms with Crippen molar-refractivity contribution in [1.29, 1.82) is 0 Å². The second-order valence-electron chi connectivity index (χ2n) is 4.57. The number of hydrogen-bond acceptors (Lipinski definition) is 2. The number of rotatable bonds is 7. The first kappa shape index (κ1) is 14.7. The van der Waals surface area contributed by atoms with Crippen molar-refractivity contribution in [3.8, 4) is 0 Å². The molecule has 1 atom stereocenters. The van der Waals surface area contributed by atoms with E-state index in [0.717, 1.165) is 29.0 Å². The molecule has 0 aromatic carbocycles. The summed E-state index contributed by atoms with van der Waals surface area (Å²) in [5, 5.41) is 4.45. The number of nitrogens with zero attached hydrogens (tertiary/aromatic N) is 2. The maximum Gasteiger partial charge on any atom is 0.0896 e. The Morgan fingerprint density at radius 3 is 2.71 bits per heavy atom. The smallest absolute Gasteiger partial charge is 0.0896 e. The Morgan fingerprint density at radius 1 is 1.41 bits per heavy atom. The zero-order valence-corrected chi connectivity index (χ0v) is 12.9. The molecule has 0 bridgehead atoms. The molecule has 1 heterocycles. The minimum Gasteiger partial charge on any atom is -0.375 e. The zero-order valence-electron chi connectivity index (χ0n) is 11.3. The molecule has 1 aromatic rings. The predicted molar refractivity (Wildman–Crippen MR) is 74.1 cm³/mol. The number of hydrogen-bond donors (Lipinski definition) is 0. The van der Waals surface area contributed by atoms with Crippen molar-refractivity contribution in [2.24, 2.45) is 5.92 Å². The molecule has 4 heteroatoms. The lowest BCUT2D eigenvalue weighted by atomic mass is 10.1. The van der Waals surface area contributed by atoms with Gasteiger partial charge in [-0.2, -0.15) is 5.10 Å². The summed E-state index contributed by atoms with van der Waals surface area (Å²) in [5.41, 5.74) is 2.18. The topological polar surface area (TPSA) is 27.1 Å². The fraction of sp³-hybridized carbons (Fsp3) is 0.769. The van der Waals surface area contributed by atoms with Crippen molar-refractivity contribution in [3.63, 3.8) is 0 Å². The van der Waals surface area contributed by atoms with Crippen LogP contribution in [0, 0.1) is 12.8 Å². The fourth-order valence-corrected chi connectivity index (χ4v) is 2.34. The van der Waals surface area contributed by atoms with Crippen LogP contribution in [0.25, 0.3) is 0 Å². The highest BCUT2D eigenvalue weighted by Gasteiger charge is 2.12. The lowest BCUT2D eigenvalue weighted by molar-refractivity contribution is 0.0843. The van der Waals surface area contributed by atoms with E-state index in [4.69, 9.17) is 4.74 Å². The molecule has 0 N–H and O–H groups in total. The van der Waals surface area contributed by atoms with Gasteiger partial charge in [-0.1, -0.05) is 20.3 Å². The van der Waals surface area contributed by atoms with Crippen LogP contribution in [0.15, 0.2) is 4.47 Å². The minimum absolute atomic E-state index is 0.637. The third-order valence-corrected chi connectivity index (χ3v) is 3.91. The van der Waals surface area contributed by atoms with Gasteiger partial charge in [-0.05, 0) is 42.1 Å². The average Bonchev–Trinajstić information content (AvgIpc) is 2.57. The Morgan fingerprint density at radius 2 is 2.12 bits per heavy atom. The second kappa shape index (κ2) is 7.17. The molecule has 0 spiro atoms. The van der Waals surface area contributed by atoms with E-state index in [9.17, 15) is 0 Å². The lowest BCUT2D eigenvalue weighted by Gasteiger charge is -2.11. The molecule has 98 valence electrons. The van der Waals surface area contributed by atoms with E-state index < -0.39 is 0 Å². The lowest BCUT2D eigenvalue weighted by Crippen LogP contribution is -2.09. The summed E-state index contributed by atoms with van der Waals surface area (Å²) in [7, 11) is 0. The van der Waals surface area contributed by atoms with Crippen LogP contribution in [0.2, 0.25) is 0 Å². The standard InChI is InChI=1S/C13H23BrN2O/c1-5-7-10(3)8-17-9-12-13(14)11(4)15-16(12)6-2/h10H,5-9H2,1-4H3. The van der Waals surface area contributed by atoms with Crippen LogP contribution >= 0.6 is 15.9 Å². The average molecular weight is 303 g/mol. The van der Waals surface area contributed by atoms with E-state index >= 15 is 0 Å². The van der Waals surface area contributed by atoms with Gasteiger partial charge in [0.1, 0.15) is 0 Å². The molecule has 0 aliphatic carbocycles. The number of aromatic nitrogens is 2. The normalized spacial score (nSPS) is 13.0. The SMILES string of the molecule is CCCC(C)COCc1c(Br)c(C)nn1CC. The number of ether oxygens (including phenoxy) is 1. The van der Waals surface area contributed by atoms with Crippen LogP contribution in [0.5, 0.6) is 0 Å². The molecule has 0 saturated carbocycles. The van der Waals surface area contributed by atoms with Crippen molar-refractivity contribution in [2.75, 3.05) is 6.61 Å². The second-order valence-corrected chi connectivity index (χ2v) is 5.36. The highest BCUT2D eigenvalue weighted by atomic mass is 79.9. The first-order chi connectivity index (χ1) is 8.10. The molecule has 1 rings (SSSR count). The molecule has 0 amide bonds. The van der Waals surface area contributed by atoms with Crippen molar-refractivity contribution < 1.29 is 4.74 Å². The molecule has 0 radical (unpaired) electrons. The highest BCUT2D eigenvalue weighted by molar-refractivity contribution is 9.10. The predicted octanol–water partition coefficient (Wildman–Crippen LogP) is 3.93. The number of halogens is 1. The molecule has 1 aromatic heterocycles. The maximum absolute atomic E-state index is 5.78. The molecular weight excluding hydrogens is 280 g/mol. The zero-order chi connectivity index (χ0) is 12.8. The van der Waals surface area contributed by atoms with Crippen LogP contribution in [0.3, 0.4) is 0 Å². The summed E-state index contributed by atoms with van der Waals surface area (Å²) in [5.74, 6) is 0.637. The molecule has 0 aliphatic heterocycles. The van der Waals surface area contributed by atoms with E-state index in [2.05, 4.69) is 41.8 Å². The van der Waals surface area contributed by atoms with Gasteiger partial charge in [0, 0.05) is 13.2 Å². The Balaban J connectivity index is 2.51. The Labute approximate surface area is 113 Å². The summed E-state index contributed by atoms with van der Waals surface area (Å²) in [6, 6.07) is 0. The third-order valence-electron chi connectivity index (χ3n) is 2.88. The quantitative estimate of drug-likeness (QED) is 0.763. The summed E-state index contributed by atoms with van der Waals surface area (Å²) in [4.78, 5) is 0. The van der Waals surface area contributed by atoms with Crippen LogP contribution < -0.4 is 0 Å². The summed E-state index contributed by atoms with van der Waals surface area (Å²) >= 11 is 3.58. The number of aryl methyl sites for hydroxylation is 2. The third kappa shape index (κ3) is 4.11. The van der Waals surface area contributed by atoms with E-state index in [1.165, 1.54) is 12.8 Å². The summed E-state index contributed by atoms with van der Waals surface area (Å²) < 4.78 is 8.87. The highest BCUT2D eigenvalue weighted by Crippen LogP contribution is 2.22.